The lowest BCUT2D eigenvalue weighted by Crippen LogP contribution is -2.26. The van der Waals surface area contributed by atoms with Gasteiger partial charge in [-0.05, 0) is 49.7 Å². The molecular weight excluding hydrogens is 398 g/mol. The highest BCUT2D eigenvalue weighted by Gasteiger charge is 2.07. The maximum Gasteiger partial charge on any atom is 0.277 e. The minimum Gasteiger partial charge on any atom is -0.483 e. The van der Waals surface area contributed by atoms with Crippen LogP contribution in [0.25, 0.3) is 0 Å². The Balaban J connectivity index is 1.76. The van der Waals surface area contributed by atoms with Crippen LogP contribution >= 0.6 is 15.9 Å². The molecule has 0 aliphatic rings. The van der Waals surface area contributed by atoms with Gasteiger partial charge in [-0.15, -0.1) is 0 Å². The summed E-state index contributed by atoms with van der Waals surface area (Å²) in [5, 5.41) is 6.68. The number of carbonyl (C=O) groups excluding carboxylic acids is 2. The number of halogens is 1. The van der Waals surface area contributed by atoms with E-state index in [1.807, 2.05) is 37.3 Å². The maximum absolute atomic E-state index is 11.9. The van der Waals surface area contributed by atoms with Crippen LogP contribution in [0.2, 0.25) is 0 Å². The second-order valence-corrected chi connectivity index (χ2v) is 6.59. The molecule has 2 N–H and O–H groups in total. The summed E-state index contributed by atoms with van der Waals surface area (Å²) < 4.78 is 6.41. The van der Waals surface area contributed by atoms with Gasteiger partial charge in [0.1, 0.15) is 5.75 Å². The van der Waals surface area contributed by atoms with Crippen LogP contribution in [0, 0.1) is 6.92 Å². The number of hydrogen-bond donors (Lipinski definition) is 2. The number of nitrogens with zero attached hydrogens (tertiary/aromatic N) is 1. The smallest absolute Gasteiger partial charge is 0.277 e. The maximum atomic E-state index is 11.9. The molecule has 0 aromatic heterocycles. The van der Waals surface area contributed by atoms with Crippen molar-refractivity contribution in [1.29, 1.82) is 0 Å². The van der Waals surface area contributed by atoms with Gasteiger partial charge in [-0.2, -0.15) is 5.10 Å². The van der Waals surface area contributed by atoms with Crippen molar-refractivity contribution in [3.8, 4) is 5.75 Å². The van der Waals surface area contributed by atoms with Crippen molar-refractivity contribution < 1.29 is 14.3 Å². The van der Waals surface area contributed by atoms with E-state index in [1.54, 1.807) is 25.1 Å². The minimum atomic E-state index is -0.393. The van der Waals surface area contributed by atoms with Crippen molar-refractivity contribution in [2.75, 3.05) is 11.9 Å². The molecule has 2 aromatic rings. The Hall–Kier alpha value is -2.67. The molecule has 0 saturated carbocycles. The van der Waals surface area contributed by atoms with Gasteiger partial charge in [0.25, 0.3) is 5.91 Å². The molecular formula is C19H20BrN3O3. The summed E-state index contributed by atoms with van der Waals surface area (Å²) in [6.45, 7) is 3.41. The zero-order valence-corrected chi connectivity index (χ0v) is 16.2. The number of aryl methyl sites for hydroxylation is 1. The molecule has 0 unspecified atom stereocenters. The lowest BCUT2D eigenvalue weighted by molar-refractivity contribution is -0.123. The SMILES string of the molecule is C/C(CC(=O)Nc1ccccc1)=N/NC(=O)COc1ccc(Br)cc1C. The van der Waals surface area contributed by atoms with Crippen LogP contribution in [0.15, 0.2) is 58.1 Å². The first-order valence-electron chi connectivity index (χ1n) is 8.00. The molecule has 0 saturated heterocycles. The van der Waals surface area contributed by atoms with E-state index in [4.69, 9.17) is 4.74 Å². The van der Waals surface area contributed by atoms with Gasteiger partial charge >= 0.3 is 0 Å². The number of hydrazone groups is 1. The van der Waals surface area contributed by atoms with E-state index in [-0.39, 0.29) is 18.9 Å². The van der Waals surface area contributed by atoms with Gasteiger partial charge in [0.2, 0.25) is 5.91 Å². The number of hydrogen-bond acceptors (Lipinski definition) is 4. The Bertz CT molecular complexity index is 807. The second-order valence-electron chi connectivity index (χ2n) is 5.67. The zero-order chi connectivity index (χ0) is 18.9. The van der Waals surface area contributed by atoms with Crippen molar-refractivity contribution in [3.63, 3.8) is 0 Å². The monoisotopic (exact) mass is 417 g/mol. The molecule has 2 aromatic carbocycles. The van der Waals surface area contributed by atoms with Crippen molar-refractivity contribution >= 4 is 39.1 Å². The van der Waals surface area contributed by atoms with Crippen molar-refractivity contribution in [3.05, 3.63) is 58.6 Å². The molecule has 0 atom stereocenters. The number of amides is 2. The summed E-state index contributed by atoms with van der Waals surface area (Å²) in [6.07, 6.45) is 0.0852. The predicted molar refractivity (Wildman–Crippen MR) is 105 cm³/mol. The van der Waals surface area contributed by atoms with Gasteiger partial charge in [-0.1, -0.05) is 34.1 Å². The summed E-state index contributed by atoms with van der Waals surface area (Å²) >= 11 is 3.37. The van der Waals surface area contributed by atoms with Gasteiger partial charge in [-0.3, -0.25) is 9.59 Å². The standard InChI is InChI=1S/C19H20BrN3O3/c1-13-10-15(20)8-9-17(13)26-12-19(25)23-22-14(2)11-18(24)21-16-6-4-3-5-7-16/h3-10H,11-12H2,1-2H3,(H,21,24)(H,23,25)/b22-14-. The first kappa shape index (κ1) is 19.7. The van der Waals surface area contributed by atoms with Crippen LogP contribution in [0.3, 0.4) is 0 Å². The average molecular weight is 418 g/mol. The third kappa shape index (κ3) is 6.68. The van der Waals surface area contributed by atoms with E-state index in [2.05, 4.69) is 31.8 Å². The first-order valence-corrected chi connectivity index (χ1v) is 8.79. The Labute approximate surface area is 160 Å². The van der Waals surface area contributed by atoms with E-state index in [9.17, 15) is 9.59 Å². The summed E-state index contributed by atoms with van der Waals surface area (Å²) in [4.78, 5) is 23.7. The van der Waals surface area contributed by atoms with E-state index in [0.717, 1.165) is 10.0 Å². The van der Waals surface area contributed by atoms with E-state index >= 15 is 0 Å². The molecule has 0 heterocycles. The van der Waals surface area contributed by atoms with Gasteiger partial charge in [-0.25, -0.2) is 5.43 Å². The van der Waals surface area contributed by atoms with E-state index in [0.29, 0.717) is 17.1 Å². The van der Waals surface area contributed by atoms with E-state index < -0.39 is 5.91 Å². The second kappa shape index (κ2) is 9.72. The largest absolute Gasteiger partial charge is 0.483 e. The number of ether oxygens (including phenoxy) is 1. The van der Waals surface area contributed by atoms with Crippen LogP contribution in [0.1, 0.15) is 18.9 Å². The Kier molecular flexibility index (Phi) is 7.35. The normalized spacial score (nSPS) is 11.0. The first-order chi connectivity index (χ1) is 12.4. The number of anilines is 1. The molecule has 136 valence electrons. The van der Waals surface area contributed by atoms with Crippen LogP contribution in [0.5, 0.6) is 5.75 Å². The number of para-hydroxylation sites is 1. The van der Waals surface area contributed by atoms with Crippen molar-refractivity contribution in [2.24, 2.45) is 5.10 Å². The van der Waals surface area contributed by atoms with Gasteiger partial charge in [0, 0.05) is 15.9 Å². The fraction of sp³-hybridized carbons (Fsp3) is 0.211. The molecule has 0 radical (unpaired) electrons. The average Bonchev–Trinajstić information content (AvgIpc) is 2.60. The fourth-order valence-electron chi connectivity index (χ4n) is 2.11. The molecule has 26 heavy (non-hydrogen) atoms. The van der Waals surface area contributed by atoms with Crippen LogP contribution in [0.4, 0.5) is 5.69 Å². The molecule has 0 aliphatic carbocycles. The zero-order valence-electron chi connectivity index (χ0n) is 14.6. The summed E-state index contributed by atoms with van der Waals surface area (Å²) in [5.41, 5.74) is 4.52. The number of benzene rings is 2. The quantitative estimate of drug-likeness (QED) is 0.532. The van der Waals surface area contributed by atoms with Crippen LogP contribution in [-0.4, -0.2) is 24.1 Å². The Morgan fingerprint density at radius 1 is 1.12 bits per heavy atom. The Morgan fingerprint density at radius 3 is 2.54 bits per heavy atom. The number of rotatable bonds is 7. The minimum absolute atomic E-state index is 0.0852. The molecule has 0 spiro atoms. The van der Waals surface area contributed by atoms with E-state index in [1.165, 1.54) is 0 Å². The summed E-state index contributed by atoms with van der Waals surface area (Å²) in [5.74, 6) is 0.0369. The highest BCUT2D eigenvalue weighted by atomic mass is 79.9. The lowest BCUT2D eigenvalue weighted by Gasteiger charge is -2.09. The summed E-state index contributed by atoms with van der Waals surface area (Å²) in [7, 11) is 0. The molecule has 2 amide bonds. The molecule has 6 nitrogen and oxygen atoms in total. The Morgan fingerprint density at radius 2 is 1.85 bits per heavy atom. The molecule has 0 aliphatic heterocycles. The molecule has 7 heteroatoms. The van der Waals surface area contributed by atoms with Crippen molar-refractivity contribution in [1.82, 2.24) is 5.43 Å². The lowest BCUT2D eigenvalue weighted by atomic mass is 10.2. The van der Waals surface area contributed by atoms with Crippen LogP contribution < -0.4 is 15.5 Å². The highest BCUT2D eigenvalue weighted by Crippen LogP contribution is 2.21. The van der Waals surface area contributed by atoms with Crippen LogP contribution in [-0.2, 0) is 9.59 Å². The third-order valence-electron chi connectivity index (χ3n) is 3.34. The number of carbonyl (C=O) groups is 2. The number of nitrogens with one attached hydrogen (secondary N) is 2. The van der Waals surface area contributed by atoms with Crippen molar-refractivity contribution in [2.45, 2.75) is 20.3 Å². The molecule has 0 fully saturated rings. The summed E-state index contributed by atoms with van der Waals surface area (Å²) in [6, 6.07) is 14.7. The molecule has 0 bridgehead atoms. The van der Waals surface area contributed by atoms with Gasteiger partial charge in [0.05, 0.1) is 6.42 Å². The highest BCUT2D eigenvalue weighted by molar-refractivity contribution is 9.10. The van der Waals surface area contributed by atoms with Gasteiger partial charge in [0.15, 0.2) is 6.61 Å². The fourth-order valence-corrected chi connectivity index (χ4v) is 2.58. The topological polar surface area (TPSA) is 79.8 Å². The van der Waals surface area contributed by atoms with Gasteiger partial charge < -0.3 is 10.1 Å². The predicted octanol–water partition coefficient (Wildman–Crippen LogP) is 3.66. The molecule has 2 rings (SSSR count). The third-order valence-corrected chi connectivity index (χ3v) is 3.83.